The van der Waals surface area contributed by atoms with Gasteiger partial charge in [0.1, 0.15) is 5.75 Å². The average molecular weight is 368 g/mol. The summed E-state index contributed by atoms with van der Waals surface area (Å²) in [4.78, 5) is 23.8. The van der Waals surface area contributed by atoms with Crippen molar-refractivity contribution in [2.45, 2.75) is 39.7 Å². The zero-order chi connectivity index (χ0) is 18.6. The SMILES string of the molecule is Cc1cc(C)cc(O[C@@H](C)C(=O)NNC(=O)C[C@H]2CCS(=O)(=O)C2)c1. The topological polar surface area (TPSA) is 102 Å². The van der Waals surface area contributed by atoms with Crippen LogP contribution in [0.1, 0.15) is 30.9 Å². The molecule has 2 N–H and O–H groups in total. The number of hydrazine groups is 1. The fraction of sp³-hybridized carbons (Fsp3) is 0.529. The first-order valence-corrected chi connectivity index (χ1v) is 10.0. The molecule has 138 valence electrons. The number of amides is 2. The van der Waals surface area contributed by atoms with E-state index in [0.29, 0.717) is 12.2 Å². The molecule has 1 aliphatic rings. The van der Waals surface area contributed by atoms with Crippen molar-refractivity contribution in [1.82, 2.24) is 10.9 Å². The fourth-order valence-corrected chi connectivity index (χ4v) is 4.70. The molecule has 1 aromatic carbocycles. The summed E-state index contributed by atoms with van der Waals surface area (Å²) in [6, 6.07) is 5.66. The van der Waals surface area contributed by atoms with Crippen molar-refractivity contribution in [2.75, 3.05) is 11.5 Å². The molecule has 2 amide bonds. The number of ether oxygens (including phenoxy) is 1. The van der Waals surface area contributed by atoms with Crippen molar-refractivity contribution in [1.29, 1.82) is 0 Å². The summed E-state index contributed by atoms with van der Waals surface area (Å²) in [5.74, 6) is -0.340. The van der Waals surface area contributed by atoms with E-state index in [1.807, 2.05) is 32.0 Å². The lowest BCUT2D eigenvalue weighted by Gasteiger charge is -2.16. The minimum Gasteiger partial charge on any atom is -0.481 e. The Morgan fingerprint density at radius 1 is 1.20 bits per heavy atom. The summed E-state index contributed by atoms with van der Waals surface area (Å²) in [6.45, 7) is 5.46. The Morgan fingerprint density at radius 2 is 1.84 bits per heavy atom. The summed E-state index contributed by atoms with van der Waals surface area (Å²) in [6.07, 6.45) is -0.227. The molecule has 0 aliphatic carbocycles. The first-order valence-electron chi connectivity index (χ1n) is 8.19. The third-order valence-corrected chi connectivity index (χ3v) is 5.84. The number of carbonyl (C=O) groups excluding carboxylic acids is 2. The van der Waals surface area contributed by atoms with Gasteiger partial charge < -0.3 is 4.74 Å². The predicted octanol–water partition coefficient (Wildman–Crippen LogP) is 1.04. The molecular formula is C17H24N2O5S. The number of benzene rings is 1. The van der Waals surface area contributed by atoms with Crippen molar-refractivity contribution in [3.63, 3.8) is 0 Å². The van der Waals surface area contributed by atoms with Crippen LogP contribution in [0.4, 0.5) is 0 Å². The number of hydrogen-bond acceptors (Lipinski definition) is 5. The van der Waals surface area contributed by atoms with Crippen LogP contribution in [0, 0.1) is 19.8 Å². The number of nitrogens with one attached hydrogen (secondary N) is 2. The average Bonchev–Trinajstić information content (AvgIpc) is 2.82. The molecule has 0 bridgehead atoms. The highest BCUT2D eigenvalue weighted by molar-refractivity contribution is 7.91. The molecular weight excluding hydrogens is 344 g/mol. The molecule has 8 heteroatoms. The van der Waals surface area contributed by atoms with E-state index in [-0.39, 0.29) is 23.8 Å². The largest absolute Gasteiger partial charge is 0.481 e. The number of rotatable bonds is 5. The van der Waals surface area contributed by atoms with E-state index in [1.54, 1.807) is 6.92 Å². The second kappa shape index (κ2) is 7.86. The second-order valence-electron chi connectivity index (χ2n) is 6.59. The zero-order valence-corrected chi connectivity index (χ0v) is 15.5. The molecule has 1 aromatic rings. The lowest BCUT2D eigenvalue weighted by molar-refractivity contribution is -0.133. The van der Waals surface area contributed by atoms with E-state index in [0.717, 1.165) is 11.1 Å². The quantitative estimate of drug-likeness (QED) is 0.756. The van der Waals surface area contributed by atoms with E-state index in [9.17, 15) is 18.0 Å². The van der Waals surface area contributed by atoms with Crippen molar-refractivity contribution >= 4 is 21.7 Å². The molecule has 25 heavy (non-hydrogen) atoms. The molecule has 2 atom stereocenters. The van der Waals surface area contributed by atoms with Crippen LogP contribution in [0.2, 0.25) is 0 Å². The molecule has 0 radical (unpaired) electrons. The molecule has 1 heterocycles. The summed E-state index contributed by atoms with van der Waals surface area (Å²) in [7, 11) is -3.01. The van der Waals surface area contributed by atoms with Crippen molar-refractivity contribution in [3.05, 3.63) is 29.3 Å². The molecule has 0 spiro atoms. The fourth-order valence-electron chi connectivity index (χ4n) is 2.84. The highest BCUT2D eigenvalue weighted by atomic mass is 32.2. The minimum absolute atomic E-state index is 0.0284. The third kappa shape index (κ3) is 6.04. The van der Waals surface area contributed by atoms with Gasteiger partial charge in [-0.25, -0.2) is 8.42 Å². The summed E-state index contributed by atoms with van der Waals surface area (Å²) >= 11 is 0. The lowest BCUT2D eigenvalue weighted by Crippen LogP contribution is -2.47. The van der Waals surface area contributed by atoms with E-state index in [2.05, 4.69) is 10.9 Å². The highest BCUT2D eigenvalue weighted by Crippen LogP contribution is 2.21. The van der Waals surface area contributed by atoms with Crippen LogP contribution in [-0.2, 0) is 19.4 Å². The maximum atomic E-state index is 12.0. The van der Waals surface area contributed by atoms with Crippen LogP contribution in [-0.4, -0.2) is 37.8 Å². The molecule has 7 nitrogen and oxygen atoms in total. The Hall–Kier alpha value is -2.09. The Bertz CT molecular complexity index is 740. The molecule has 1 aliphatic heterocycles. The van der Waals surface area contributed by atoms with Crippen LogP contribution in [0.25, 0.3) is 0 Å². The van der Waals surface area contributed by atoms with Gasteiger partial charge in [-0.1, -0.05) is 6.07 Å². The van der Waals surface area contributed by atoms with Gasteiger partial charge in [-0.05, 0) is 56.4 Å². The van der Waals surface area contributed by atoms with Crippen molar-refractivity contribution < 1.29 is 22.7 Å². The van der Waals surface area contributed by atoms with Gasteiger partial charge in [-0.15, -0.1) is 0 Å². The van der Waals surface area contributed by atoms with Gasteiger partial charge >= 0.3 is 0 Å². The lowest BCUT2D eigenvalue weighted by atomic mass is 10.1. The van der Waals surface area contributed by atoms with E-state index in [4.69, 9.17) is 4.74 Å². The zero-order valence-electron chi connectivity index (χ0n) is 14.7. The Labute approximate surface area is 148 Å². The van der Waals surface area contributed by atoms with Gasteiger partial charge in [-0.3, -0.25) is 20.4 Å². The van der Waals surface area contributed by atoms with E-state index < -0.39 is 27.8 Å². The Balaban J connectivity index is 1.78. The number of aryl methyl sites for hydroxylation is 2. The maximum Gasteiger partial charge on any atom is 0.279 e. The standard InChI is InChI=1S/C17H24N2O5S/c1-11-6-12(2)8-15(7-11)24-13(3)17(21)19-18-16(20)9-14-4-5-25(22,23)10-14/h6-8,13-14H,4-5,9-10H2,1-3H3,(H,18,20)(H,19,21)/t13-,14+/m0/s1. The summed E-state index contributed by atoms with van der Waals surface area (Å²) < 4.78 is 28.4. The molecule has 0 unspecified atom stereocenters. The van der Waals surface area contributed by atoms with Gasteiger partial charge in [0.25, 0.3) is 5.91 Å². The van der Waals surface area contributed by atoms with Gasteiger partial charge in [0.05, 0.1) is 11.5 Å². The first kappa shape index (κ1) is 19.2. The minimum atomic E-state index is -3.01. The molecule has 2 rings (SSSR count). The first-order chi connectivity index (χ1) is 11.6. The molecule has 0 aromatic heterocycles. The highest BCUT2D eigenvalue weighted by Gasteiger charge is 2.29. The smallest absolute Gasteiger partial charge is 0.279 e. The van der Waals surface area contributed by atoms with Gasteiger partial charge in [0.2, 0.25) is 5.91 Å². The predicted molar refractivity (Wildman–Crippen MR) is 93.7 cm³/mol. The van der Waals surface area contributed by atoms with Crippen LogP contribution in [0.3, 0.4) is 0 Å². The van der Waals surface area contributed by atoms with Crippen LogP contribution < -0.4 is 15.6 Å². The van der Waals surface area contributed by atoms with Crippen LogP contribution in [0.15, 0.2) is 18.2 Å². The molecule has 1 saturated heterocycles. The maximum absolute atomic E-state index is 12.0. The Morgan fingerprint density at radius 3 is 2.40 bits per heavy atom. The van der Waals surface area contributed by atoms with Gasteiger partial charge in [0, 0.05) is 6.42 Å². The summed E-state index contributed by atoms with van der Waals surface area (Å²) in [5.41, 5.74) is 6.69. The number of hydrogen-bond donors (Lipinski definition) is 2. The van der Waals surface area contributed by atoms with E-state index >= 15 is 0 Å². The van der Waals surface area contributed by atoms with Crippen LogP contribution >= 0.6 is 0 Å². The Kier molecular flexibility index (Phi) is 6.05. The third-order valence-electron chi connectivity index (χ3n) is 4.00. The molecule has 1 fully saturated rings. The molecule has 0 saturated carbocycles. The normalized spacial score (nSPS) is 19.9. The number of sulfone groups is 1. The second-order valence-corrected chi connectivity index (χ2v) is 8.82. The number of carbonyl (C=O) groups is 2. The van der Waals surface area contributed by atoms with E-state index in [1.165, 1.54) is 0 Å². The monoisotopic (exact) mass is 368 g/mol. The van der Waals surface area contributed by atoms with Crippen LogP contribution in [0.5, 0.6) is 5.75 Å². The van der Waals surface area contributed by atoms with Gasteiger partial charge in [-0.2, -0.15) is 0 Å². The van der Waals surface area contributed by atoms with Crippen molar-refractivity contribution in [3.8, 4) is 5.75 Å². The van der Waals surface area contributed by atoms with Crippen molar-refractivity contribution in [2.24, 2.45) is 5.92 Å². The summed E-state index contributed by atoms with van der Waals surface area (Å²) in [5, 5.41) is 0. The van der Waals surface area contributed by atoms with Gasteiger partial charge in [0.15, 0.2) is 15.9 Å².